The van der Waals surface area contributed by atoms with Crippen LogP contribution in [0.5, 0.6) is 0 Å². The fraction of sp³-hybridized carbons (Fsp3) is 0.545. The predicted molar refractivity (Wildman–Crippen MR) is 127 cm³/mol. The number of hydrogen-bond donors (Lipinski definition) is 0. The molecule has 1 aliphatic carbocycles. The predicted octanol–water partition coefficient (Wildman–Crippen LogP) is 5.34. The first kappa shape index (κ1) is 24.4. The summed E-state index contributed by atoms with van der Waals surface area (Å²) in [5, 5.41) is 1.01. The molecular weight excluding hydrogens is 449 g/mol. The van der Waals surface area contributed by atoms with E-state index in [4.69, 9.17) is 0 Å². The van der Waals surface area contributed by atoms with E-state index in [1.807, 2.05) is 12.1 Å². The molecule has 0 spiro atoms. The molecule has 0 fully saturated rings. The van der Waals surface area contributed by atoms with Gasteiger partial charge in [0.25, 0.3) is 7.71 Å². The molecule has 0 amide bonds. The van der Waals surface area contributed by atoms with Gasteiger partial charge in [-0.3, -0.25) is 9.59 Å². The van der Waals surface area contributed by atoms with Gasteiger partial charge < -0.3 is 0 Å². The zero-order valence-electron chi connectivity index (χ0n) is 18.5. The molecule has 2 rings (SSSR count). The lowest BCUT2D eigenvalue weighted by atomic mass is 9.95. The molecule has 0 aliphatic heterocycles. The number of carbonyl (C=O) groups is 2. The van der Waals surface area contributed by atoms with Crippen LogP contribution in [-0.4, -0.2) is 64.8 Å². The van der Waals surface area contributed by atoms with Gasteiger partial charge in [0.1, 0.15) is 0 Å². The Balaban J connectivity index is 2.97. The Bertz CT molecular complexity index is 753. The molecule has 1 aromatic rings. The monoisotopic (exact) mass is 482 g/mol. The fourth-order valence-corrected chi connectivity index (χ4v) is 9.94. The van der Waals surface area contributed by atoms with Gasteiger partial charge in [0.15, 0.2) is 5.31 Å². The number of carbonyl (C=O) groups excluding carboxylic acids is 2. The summed E-state index contributed by atoms with van der Waals surface area (Å²) in [4.78, 5) is 25.5. The lowest BCUT2D eigenvalue weighted by molar-refractivity contribution is -0.110. The molecule has 160 valence electrons. The summed E-state index contributed by atoms with van der Waals surface area (Å²) in [5.74, 6) is -0.821. The first-order valence-corrected chi connectivity index (χ1v) is 13.1. The molecule has 29 heavy (non-hydrogen) atoms. The van der Waals surface area contributed by atoms with Gasteiger partial charge in [0.05, 0.1) is 0 Å². The number of rotatable bonds is 10. The van der Waals surface area contributed by atoms with Crippen molar-refractivity contribution in [1.29, 1.82) is 0 Å². The molecule has 0 aromatic heterocycles. The van der Waals surface area contributed by atoms with Gasteiger partial charge in [-0.1, -0.05) is 15.9 Å². The van der Waals surface area contributed by atoms with E-state index in [1.165, 1.54) is 0 Å². The zero-order chi connectivity index (χ0) is 21.8. The summed E-state index contributed by atoms with van der Waals surface area (Å²) >= 11 is 3.58. The van der Waals surface area contributed by atoms with Crippen molar-refractivity contribution in [3.05, 3.63) is 39.9 Å². The van der Waals surface area contributed by atoms with Gasteiger partial charge >= 0.3 is 0 Å². The highest BCUT2D eigenvalue weighted by Gasteiger charge is 2.59. The first-order chi connectivity index (χ1) is 13.9. The summed E-state index contributed by atoms with van der Waals surface area (Å²) in [6.07, 6.45) is 1.64. The minimum Gasteiger partial charge on any atom is -0.285 e. The summed E-state index contributed by atoms with van der Waals surface area (Å²) in [7, 11) is -2.25. The summed E-state index contributed by atoms with van der Waals surface area (Å²) in [6.45, 7) is 18.4. The van der Waals surface area contributed by atoms with Crippen LogP contribution in [0.25, 0.3) is 5.31 Å². The lowest BCUT2D eigenvalue weighted by Crippen LogP contribution is -2.46. The van der Waals surface area contributed by atoms with Crippen molar-refractivity contribution in [3.8, 4) is 0 Å². The quantitative estimate of drug-likeness (QED) is 0.332. The number of fused-ring (bicyclic) bond motifs is 1. The second-order valence-electron chi connectivity index (χ2n) is 6.90. The van der Waals surface area contributed by atoms with Crippen LogP contribution in [0, 0.1) is 0 Å². The molecule has 0 unspecified atom stereocenters. The highest BCUT2D eigenvalue weighted by atomic mass is 79.9. The summed E-state index contributed by atoms with van der Waals surface area (Å²) < 4.78 is 8.48. The van der Waals surface area contributed by atoms with E-state index < -0.39 is 19.3 Å². The number of halogens is 1. The van der Waals surface area contributed by atoms with Crippen molar-refractivity contribution >= 4 is 40.5 Å². The van der Waals surface area contributed by atoms with Crippen LogP contribution < -0.4 is 0 Å². The van der Waals surface area contributed by atoms with E-state index in [1.54, 1.807) is 12.1 Å². The zero-order valence-corrected chi connectivity index (χ0v) is 21.0. The summed E-state index contributed by atoms with van der Waals surface area (Å²) in [6, 6.07) is 5.64. The SMILES string of the molecule is CCN(CC)[P+](C1=CC(=O)C(=O)c2ccc(Br)cc21)(N(CC)CC)N(CC)CC. The number of ketones is 2. The molecule has 0 atom stereocenters. The maximum atomic E-state index is 12.8. The van der Waals surface area contributed by atoms with Gasteiger partial charge in [-0.15, -0.1) is 14.0 Å². The lowest BCUT2D eigenvalue weighted by Gasteiger charge is -2.47. The Morgan fingerprint density at radius 3 is 1.62 bits per heavy atom. The molecule has 0 heterocycles. The number of Topliss-reactive ketones (excluding diaryl/α,β-unsaturated/α-hetero) is 1. The number of hydrogen-bond acceptors (Lipinski definition) is 5. The molecule has 0 N–H and O–H groups in total. The van der Waals surface area contributed by atoms with Gasteiger partial charge in [-0.05, 0) is 59.7 Å². The van der Waals surface area contributed by atoms with Crippen LogP contribution in [0.2, 0.25) is 0 Å². The van der Waals surface area contributed by atoms with Crippen LogP contribution in [0.15, 0.2) is 28.7 Å². The average Bonchev–Trinajstić information content (AvgIpc) is 2.72. The van der Waals surface area contributed by atoms with Crippen LogP contribution in [0.4, 0.5) is 0 Å². The van der Waals surface area contributed by atoms with Crippen molar-refractivity contribution in [1.82, 2.24) is 14.0 Å². The molecule has 1 aromatic carbocycles. The van der Waals surface area contributed by atoms with E-state index in [0.717, 1.165) is 54.6 Å². The van der Waals surface area contributed by atoms with E-state index >= 15 is 0 Å². The largest absolute Gasteiger partial charge is 0.285 e. The molecule has 0 saturated carbocycles. The minimum atomic E-state index is -2.25. The Hall–Kier alpha value is -0.910. The maximum absolute atomic E-state index is 12.8. The van der Waals surface area contributed by atoms with Crippen LogP contribution in [0.3, 0.4) is 0 Å². The van der Waals surface area contributed by atoms with Crippen molar-refractivity contribution in [2.75, 3.05) is 39.3 Å². The Morgan fingerprint density at radius 1 is 0.759 bits per heavy atom. The standard InChI is InChI=1S/C22H34BrN3O2P/c1-7-24(8-2)29(25(9-3)10-4,26(11-5)12-6)21-16-20(27)22(28)18-14-13-17(23)15-19(18)21/h13-16H,7-12H2,1-6H3/q+1. The summed E-state index contributed by atoms with van der Waals surface area (Å²) in [5.41, 5.74) is 1.41. The molecule has 7 heteroatoms. The maximum Gasteiger partial charge on any atom is 0.262 e. The number of nitrogens with zero attached hydrogens (tertiary/aromatic N) is 3. The van der Waals surface area contributed by atoms with Crippen LogP contribution in [-0.2, 0) is 4.79 Å². The highest BCUT2D eigenvalue weighted by molar-refractivity contribution is 9.10. The Morgan fingerprint density at radius 2 is 1.21 bits per heavy atom. The third-order valence-electron chi connectivity index (χ3n) is 5.69. The third kappa shape index (κ3) is 4.15. The Kier molecular flexibility index (Phi) is 8.74. The molecular formula is C22H34BrN3O2P+. The van der Waals surface area contributed by atoms with E-state index in [9.17, 15) is 9.59 Å². The molecule has 5 nitrogen and oxygen atoms in total. The normalized spacial score (nSPS) is 14.8. The van der Waals surface area contributed by atoms with E-state index in [-0.39, 0.29) is 0 Å². The van der Waals surface area contributed by atoms with Gasteiger partial charge in [-0.2, -0.15) is 0 Å². The van der Waals surface area contributed by atoms with E-state index in [0.29, 0.717) is 5.56 Å². The van der Waals surface area contributed by atoms with Gasteiger partial charge in [0, 0.05) is 60.9 Å². The second kappa shape index (κ2) is 10.4. The first-order valence-electron chi connectivity index (χ1n) is 10.6. The topological polar surface area (TPSA) is 43.9 Å². The fourth-order valence-electron chi connectivity index (χ4n) is 4.42. The smallest absolute Gasteiger partial charge is 0.262 e. The van der Waals surface area contributed by atoms with Gasteiger partial charge in [0.2, 0.25) is 11.6 Å². The molecule has 0 bridgehead atoms. The minimum absolute atomic E-state index is 0.409. The number of benzene rings is 1. The van der Waals surface area contributed by atoms with Crippen molar-refractivity contribution in [3.63, 3.8) is 0 Å². The van der Waals surface area contributed by atoms with Crippen molar-refractivity contribution in [2.45, 2.75) is 41.5 Å². The van der Waals surface area contributed by atoms with Crippen LogP contribution in [0.1, 0.15) is 57.5 Å². The van der Waals surface area contributed by atoms with Crippen molar-refractivity contribution < 1.29 is 9.59 Å². The van der Waals surface area contributed by atoms with Crippen LogP contribution >= 0.6 is 23.6 Å². The highest BCUT2D eigenvalue weighted by Crippen LogP contribution is 2.76. The second-order valence-corrected chi connectivity index (χ2v) is 11.1. The molecule has 0 radical (unpaired) electrons. The van der Waals surface area contributed by atoms with Gasteiger partial charge in [-0.25, -0.2) is 0 Å². The molecule has 0 saturated heterocycles. The third-order valence-corrected chi connectivity index (χ3v) is 11.3. The molecule has 1 aliphatic rings. The average molecular weight is 483 g/mol. The number of allylic oxidation sites excluding steroid dienone is 1. The van der Waals surface area contributed by atoms with E-state index in [2.05, 4.69) is 71.5 Å². The Labute approximate surface area is 184 Å². The van der Waals surface area contributed by atoms with Crippen molar-refractivity contribution in [2.24, 2.45) is 0 Å².